The van der Waals surface area contributed by atoms with Crippen molar-refractivity contribution in [2.45, 2.75) is 13.3 Å². The van der Waals surface area contributed by atoms with Gasteiger partial charge in [-0.1, -0.05) is 6.07 Å². The molecule has 25 heavy (non-hydrogen) atoms. The maximum Gasteiger partial charge on any atom is 0.172 e. The Morgan fingerprint density at radius 1 is 1.16 bits per heavy atom. The van der Waals surface area contributed by atoms with E-state index in [1.807, 2.05) is 43.5 Å². The first-order valence-electron chi connectivity index (χ1n) is 7.90. The van der Waals surface area contributed by atoms with Gasteiger partial charge in [-0.3, -0.25) is 14.8 Å². The van der Waals surface area contributed by atoms with Gasteiger partial charge in [-0.15, -0.1) is 0 Å². The first-order valence-corrected chi connectivity index (χ1v) is 7.90. The monoisotopic (exact) mass is 329 g/mol. The number of ketones is 1. The second-order valence-corrected chi connectivity index (χ2v) is 5.78. The minimum absolute atomic E-state index is 0.0416. The van der Waals surface area contributed by atoms with Gasteiger partial charge in [0.05, 0.1) is 12.0 Å². The Bertz CT molecular complexity index is 1060. The quantitative estimate of drug-likeness (QED) is 0.538. The van der Waals surface area contributed by atoms with Crippen LogP contribution in [-0.4, -0.2) is 30.3 Å². The number of fused-ring (bicyclic) bond motifs is 1. The number of nitrogens with zero attached hydrogens (tertiary/aromatic N) is 5. The summed E-state index contributed by atoms with van der Waals surface area (Å²) in [5.41, 5.74) is 4.74. The maximum atomic E-state index is 12.9. The summed E-state index contributed by atoms with van der Waals surface area (Å²) in [7, 11) is 0. The highest BCUT2D eigenvalue weighted by molar-refractivity contribution is 6.03. The summed E-state index contributed by atoms with van der Waals surface area (Å²) in [6.07, 6.45) is 8.76. The second-order valence-electron chi connectivity index (χ2n) is 5.78. The van der Waals surface area contributed by atoms with E-state index < -0.39 is 0 Å². The van der Waals surface area contributed by atoms with Gasteiger partial charge in [0.15, 0.2) is 11.4 Å². The average Bonchev–Trinajstić information content (AvgIpc) is 3.10. The third kappa shape index (κ3) is 2.89. The van der Waals surface area contributed by atoms with Gasteiger partial charge in [-0.05, 0) is 36.8 Å². The summed E-state index contributed by atoms with van der Waals surface area (Å²) in [5.74, 6) is -0.0416. The molecule has 4 aromatic rings. The van der Waals surface area contributed by atoms with Crippen LogP contribution in [0.1, 0.15) is 21.6 Å². The predicted molar refractivity (Wildman–Crippen MR) is 93.2 cm³/mol. The first-order chi connectivity index (χ1) is 12.2. The smallest absolute Gasteiger partial charge is 0.172 e. The van der Waals surface area contributed by atoms with Crippen LogP contribution in [0.3, 0.4) is 0 Å². The fourth-order valence-electron chi connectivity index (χ4n) is 2.81. The molecule has 0 fully saturated rings. The van der Waals surface area contributed by atoms with E-state index in [4.69, 9.17) is 0 Å². The summed E-state index contributed by atoms with van der Waals surface area (Å²) < 4.78 is 1.63. The van der Waals surface area contributed by atoms with Crippen LogP contribution in [-0.2, 0) is 6.42 Å². The number of rotatable bonds is 4. The van der Waals surface area contributed by atoms with Crippen molar-refractivity contribution in [1.29, 1.82) is 0 Å². The molecule has 0 saturated heterocycles. The molecule has 0 aliphatic heterocycles. The molecule has 4 rings (SSSR count). The fraction of sp³-hybridized carbons (Fsp3) is 0.105. The third-order valence-corrected chi connectivity index (χ3v) is 4.09. The highest BCUT2D eigenvalue weighted by Crippen LogP contribution is 2.25. The zero-order valence-corrected chi connectivity index (χ0v) is 13.6. The summed E-state index contributed by atoms with van der Waals surface area (Å²) in [5, 5.41) is 4.20. The number of aryl methyl sites for hydroxylation is 1. The summed E-state index contributed by atoms with van der Waals surface area (Å²) >= 11 is 0. The minimum Gasteiger partial charge on any atom is -0.294 e. The molecule has 0 unspecified atom stereocenters. The maximum absolute atomic E-state index is 12.9. The van der Waals surface area contributed by atoms with Crippen molar-refractivity contribution < 1.29 is 4.79 Å². The summed E-state index contributed by atoms with van der Waals surface area (Å²) in [4.78, 5) is 25.5. The standard InChI is InChI=1S/C19H15N5O/c1-13-5-7-20-10-17(13)14-8-16(19-22-12-23-24(19)11-14)18(25)9-15-4-2-3-6-21-15/h2-8,10-12H,9H2,1H3. The van der Waals surface area contributed by atoms with Gasteiger partial charge in [-0.25, -0.2) is 9.50 Å². The van der Waals surface area contributed by atoms with Gasteiger partial charge in [0, 0.05) is 41.6 Å². The van der Waals surface area contributed by atoms with Crippen molar-refractivity contribution >= 4 is 11.4 Å². The van der Waals surface area contributed by atoms with Gasteiger partial charge in [0.1, 0.15) is 6.33 Å². The Morgan fingerprint density at radius 3 is 2.88 bits per heavy atom. The molecule has 122 valence electrons. The van der Waals surface area contributed by atoms with Crippen LogP contribution in [0.4, 0.5) is 0 Å². The molecule has 6 heteroatoms. The summed E-state index contributed by atoms with van der Waals surface area (Å²) in [6, 6.07) is 9.35. The number of hydrogen-bond acceptors (Lipinski definition) is 5. The molecule has 0 bridgehead atoms. The van der Waals surface area contributed by atoms with Crippen molar-refractivity contribution in [3.63, 3.8) is 0 Å². The van der Waals surface area contributed by atoms with Crippen molar-refractivity contribution in [3.8, 4) is 11.1 Å². The van der Waals surface area contributed by atoms with Crippen LogP contribution in [0.5, 0.6) is 0 Å². The normalized spacial score (nSPS) is 10.9. The molecule has 4 aromatic heterocycles. The van der Waals surface area contributed by atoms with E-state index in [0.29, 0.717) is 11.2 Å². The lowest BCUT2D eigenvalue weighted by Crippen LogP contribution is -2.08. The molecule has 0 atom stereocenters. The molecule has 0 aromatic carbocycles. The van der Waals surface area contributed by atoms with Crippen LogP contribution in [0.25, 0.3) is 16.8 Å². The zero-order valence-electron chi connectivity index (χ0n) is 13.6. The van der Waals surface area contributed by atoms with Gasteiger partial charge < -0.3 is 0 Å². The Kier molecular flexibility index (Phi) is 3.78. The van der Waals surface area contributed by atoms with Gasteiger partial charge >= 0.3 is 0 Å². The van der Waals surface area contributed by atoms with E-state index >= 15 is 0 Å². The number of aromatic nitrogens is 5. The van der Waals surface area contributed by atoms with E-state index in [0.717, 1.165) is 22.4 Å². The Labute approximate surface area is 144 Å². The molecule has 0 radical (unpaired) electrons. The Morgan fingerprint density at radius 2 is 2.08 bits per heavy atom. The van der Waals surface area contributed by atoms with E-state index in [2.05, 4.69) is 20.1 Å². The molecule has 0 amide bonds. The average molecular weight is 329 g/mol. The van der Waals surface area contributed by atoms with Crippen molar-refractivity contribution in [2.24, 2.45) is 0 Å². The SMILES string of the molecule is Cc1ccncc1-c1cc(C(=O)Cc2ccccn2)c2ncnn2c1. The zero-order chi connectivity index (χ0) is 17.2. The molecule has 4 heterocycles. The largest absolute Gasteiger partial charge is 0.294 e. The molecular weight excluding hydrogens is 314 g/mol. The third-order valence-electron chi connectivity index (χ3n) is 4.09. The fourth-order valence-corrected chi connectivity index (χ4v) is 2.81. The second kappa shape index (κ2) is 6.24. The van der Waals surface area contributed by atoms with Gasteiger partial charge in [0.25, 0.3) is 0 Å². The molecular formula is C19H15N5O. The number of Topliss-reactive ketones (excluding diaryl/α,β-unsaturated/α-hetero) is 1. The molecule has 0 spiro atoms. The van der Waals surface area contributed by atoms with Crippen molar-refractivity contribution in [1.82, 2.24) is 24.6 Å². The van der Waals surface area contributed by atoms with Crippen LogP contribution in [0, 0.1) is 6.92 Å². The van der Waals surface area contributed by atoms with Crippen LogP contribution >= 0.6 is 0 Å². The topological polar surface area (TPSA) is 73.0 Å². The number of carbonyl (C=O) groups is 1. The lowest BCUT2D eigenvalue weighted by Gasteiger charge is -2.09. The summed E-state index contributed by atoms with van der Waals surface area (Å²) in [6.45, 7) is 2.01. The molecule has 0 N–H and O–H groups in total. The van der Waals surface area contributed by atoms with Crippen LogP contribution < -0.4 is 0 Å². The van der Waals surface area contributed by atoms with Gasteiger partial charge in [0.2, 0.25) is 0 Å². The number of pyridine rings is 3. The van der Waals surface area contributed by atoms with E-state index in [-0.39, 0.29) is 12.2 Å². The first kappa shape index (κ1) is 15.1. The van der Waals surface area contributed by atoms with Crippen molar-refractivity contribution in [2.75, 3.05) is 0 Å². The molecule has 0 saturated carbocycles. The van der Waals surface area contributed by atoms with E-state index in [1.54, 1.807) is 23.1 Å². The minimum atomic E-state index is -0.0416. The highest BCUT2D eigenvalue weighted by Gasteiger charge is 2.16. The van der Waals surface area contributed by atoms with Gasteiger partial charge in [-0.2, -0.15) is 5.10 Å². The van der Waals surface area contributed by atoms with Crippen LogP contribution in [0.2, 0.25) is 0 Å². The van der Waals surface area contributed by atoms with E-state index in [9.17, 15) is 4.79 Å². The lowest BCUT2D eigenvalue weighted by molar-refractivity contribution is 0.0993. The lowest BCUT2D eigenvalue weighted by atomic mass is 10.0. The number of carbonyl (C=O) groups excluding carboxylic acids is 1. The van der Waals surface area contributed by atoms with E-state index in [1.165, 1.54) is 6.33 Å². The Hall–Kier alpha value is -3.41. The number of hydrogen-bond donors (Lipinski definition) is 0. The molecule has 0 aliphatic rings. The molecule has 0 aliphatic carbocycles. The molecule has 6 nitrogen and oxygen atoms in total. The Balaban J connectivity index is 1.81. The highest BCUT2D eigenvalue weighted by atomic mass is 16.1. The van der Waals surface area contributed by atoms with Crippen molar-refractivity contribution in [3.05, 3.63) is 78.3 Å². The predicted octanol–water partition coefficient (Wildman–Crippen LogP) is 2.92. The van der Waals surface area contributed by atoms with Crippen LogP contribution in [0.15, 0.2) is 61.4 Å².